The number of fused-ring (bicyclic) bond motifs is 1. The highest BCUT2D eigenvalue weighted by Crippen LogP contribution is 2.30. The van der Waals surface area contributed by atoms with E-state index in [0.29, 0.717) is 0 Å². The van der Waals surface area contributed by atoms with Crippen LogP contribution in [0.3, 0.4) is 0 Å². The van der Waals surface area contributed by atoms with Gasteiger partial charge in [-0.15, -0.1) is 11.8 Å². The van der Waals surface area contributed by atoms with Gasteiger partial charge in [-0.25, -0.2) is 0 Å². The lowest BCUT2D eigenvalue weighted by Gasteiger charge is -2.06. The van der Waals surface area contributed by atoms with Crippen LogP contribution >= 0.6 is 11.8 Å². The average molecular weight is 314 g/mol. The normalized spacial score (nSPS) is 11.1. The molecule has 0 atom stereocenters. The van der Waals surface area contributed by atoms with E-state index >= 15 is 0 Å². The molecule has 0 nitrogen and oxygen atoms in total. The molecule has 0 N–H and O–H groups in total. The Labute approximate surface area is 140 Å². The van der Waals surface area contributed by atoms with Crippen molar-refractivity contribution in [3.8, 4) is 0 Å². The minimum absolute atomic E-state index is 1.23. The molecule has 0 spiro atoms. The maximum atomic E-state index is 2.39. The summed E-state index contributed by atoms with van der Waals surface area (Å²) in [7, 11) is 0. The van der Waals surface area contributed by atoms with Crippen molar-refractivity contribution in [1.82, 2.24) is 0 Å². The molecule has 0 fully saturated rings. The second-order valence-corrected chi connectivity index (χ2v) is 7.03. The van der Waals surface area contributed by atoms with Crippen molar-refractivity contribution in [2.45, 2.75) is 69.6 Å². The van der Waals surface area contributed by atoms with Gasteiger partial charge in [0.2, 0.25) is 0 Å². The van der Waals surface area contributed by atoms with Gasteiger partial charge in [0.05, 0.1) is 0 Å². The molecule has 0 saturated carbocycles. The molecule has 0 aliphatic carbocycles. The summed E-state index contributed by atoms with van der Waals surface area (Å²) < 4.78 is 0. The van der Waals surface area contributed by atoms with Crippen LogP contribution < -0.4 is 0 Å². The minimum Gasteiger partial charge on any atom is -0.121 e. The predicted octanol–water partition coefficient (Wildman–Crippen LogP) is 7.62. The molecular formula is C21H29S. The zero-order valence-electron chi connectivity index (χ0n) is 13.9. The lowest BCUT2D eigenvalue weighted by atomic mass is 10.1. The number of rotatable bonds is 11. The highest BCUT2D eigenvalue weighted by Gasteiger charge is 2.01. The predicted molar refractivity (Wildman–Crippen MR) is 101 cm³/mol. The Morgan fingerprint density at radius 1 is 0.773 bits per heavy atom. The molecule has 0 aliphatic rings. The molecule has 1 radical (unpaired) electrons. The molecule has 22 heavy (non-hydrogen) atoms. The SMILES string of the molecule is CCCCCCCCCC[CH]Sc1cccc2ccccc12. The van der Waals surface area contributed by atoms with Crippen molar-refractivity contribution in [2.75, 3.05) is 0 Å². The van der Waals surface area contributed by atoms with Crippen LogP contribution in [0.1, 0.15) is 64.7 Å². The Balaban J connectivity index is 1.59. The van der Waals surface area contributed by atoms with Gasteiger partial charge in [0.1, 0.15) is 0 Å². The van der Waals surface area contributed by atoms with Crippen molar-refractivity contribution in [2.24, 2.45) is 0 Å². The Bertz CT molecular complexity index is 527. The molecule has 119 valence electrons. The van der Waals surface area contributed by atoms with E-state index in [1.807, 2.05) is 11.8 Å². The Hall–Kier alpha value is -0.950. The van der Waals surface area contributed by atoms with Gasteiger partial charge in [0.15, 0.2) is 0 Å². The first-order chi connectivity index (χ1) is 10.9. The summed E-state index contributed by atoms with van der Waals surface area (Å²) in [6, 6.07) is 15.2. The lowest BCUT2D eigenvalue weighted by molar-refractivity contribution is 0.576. The summed E-state index contributed by atoms with van der Waals surface area (Å²) in [5.41, 5.74) is 0. The Morgan fingerprint density at radius 2 is 1.45 bits per heavy atom. The van der Waals surface area contributed by atoms with Crippen LogP contribution in [-0.2, 0) is 0 Å². The number of benzene rings is 2. The average Bonchev–Trinajstić information content (AvgIpc) is 2.56. The molecular weight excluding hydrogens is 284 g/mol. The quantitative estimate of drug-likeness (QED) is 0.303. The zero-order chi connectivity index (χ0) is 15.5. The molecule has 0 amide bonds. The maximum Gasteiger partial charge on any atom is 0.0217 e. The second kappa shape index (κ2) is 10.7. The molecule has 2 aromatic rings. The Morgan fingerprint density at radius 3 is 2.27 bits per heavy atom. The highest BCUT2D eigenvalue weighted by molar-refractivity contribution is 8.01. The van der Waals surface area contributed by atoms with Gasteiger partial charge in [-0.3, -0.25) is 0 Å². The van der Waals surface area contributed by atoms with Crippen molar-refractivity contribution in [1.29, 1.82) is 0 Å². The van der Waals surface area contributed by atoms with Gasteiger partial charge in [-0.2, -0.15) is 0 Å². The molecule has 0 saturated heterocycles. The zero-order valence-corrected chi connectivity index (χ0v) is 14.7. The third-order valence-corrected chi connectivity index (χ3v) is 5.15. The summed E-state index contributed by atoms with van der Waals surface area (Å²) in [5.74, 6) is 2.39. The van der Waals surface area contributed by atoms with Gasteiger partial charge < -0.3 is 0 Å². The van der Waals surface area contributed by atoms with E-state index in [4.69, 9.17) is 0 Å². The number of thioether (sulfide) groups is 1. The van der Waals surface area contributed by atoms with Gasteiger partial charge in [0.25, 0.3) is 0 Å². The third-order valence-electron chi connectivity index (χ3n) is 4.14. The van der Waals surface area contributed by atoms with Crippen LogP contribution in [-0.4, -0.2) is 0 Å². The highest BCUT2D eigenvalue weighted by atomic mass is 32.2. The molecule has 0 aliphatic heterocycles. The van der Waals surface area contributed by atoms with Crippen molar-refractivity contribution in [3.63, 3.8) is 0 Å². The first kappa shape index (κ1) is 17.4. The fourth-order valence-corrected chi connectivity index (χ4v) is 3.74. The second-order valence-electron chi connectivity index (χ2n) is 6.03. The van der Waals surface area contributed by atoms with E-state index in [2.05, 4.69) is 55.1 Å². The topological polar surface area (TPSA) is 0 Å². The molecule has 1 heteroatoms. The monoisotopic (exact) mass is 313 g/mol. The standard InChI is InChI=1S/C21H29S/c1-2-3-4-5-6-7-8-9-12-18-22-21-17-13-15-19-14-10-11-16-20(19)21/h10-11,13-18H,2-9,12H2,1H3. The maximum absolute atomic E-state index is 2.39. The van der Waals surface area contributed by atoms with Crippen LogP contribution in [0, 0.1) is 5.75 Å². The minimum atomic E-state index is 1.23. The summed E-state index contributed by atoms with van der Waals surface area (Å²) in [4.78, 5) is 1.39. The number of hydrogen-bond acceptors (Lipinski definition) is 1. The first-order valence-corrected chi connectivity index (χ1v) is 9.76. The van der Waals surface area contributed by atoms with E-state index in [0.717, 1.165) is 0 Å². The van der Waals surface area contributed by atoms with E-state index < -0.39 is 0 Å². The smallest absolute Gasteiger partial charge is 0.0217 e. The van der Waals surface area contributed by atoms with Gasteiger partial charge in [-0.05, 0) is 23.3 Å². The van der Waals surface area contributed by atoms with E-state index in [9.17, 15) is 0 Å². The third kappa shape index (κ3) is 6.04. The largest absolute Gasteiger partial charge is 0.121 e. The van der Waals surface area contributed by atoms with E-state index in [1.165, 1.54) is 73.5 Å². The summed E-state index contributed by atoms with van der Waals surface area (Å²) in [6.07, 6.45) is 12.4. The summed E-state index contributed by atoms with van der Waals surface area (Å²) in [5, 5.41) is 2.72. The van der Waals surface area contributed by atoms with Crippen LogP contribution in [0.15, 0.2) is 47.4 Å². The summed E-state index contributed by atoms with van der Waals surface area (Å²) >= 11 is 1.90. The van der Waals surface area contributed by atoms with Crippen molar-refractivity contribution in [3.05, 3.63) is 48.2 Å². The summed E-state index contributed by atoms with van der Waals surface area (Å²) in [6.45, 7) is 2.28. The molecule has 2 aromatic carbocycles. The molecule has 0 heterocycles. The number of hydrogen-bond donors (Lipinski definition) is 0. The van der Waals surface area contributed by atoms with Gasteiger partial charge in [-0.1, -0.05) is 94.7 Å². The van der Waals surface area contributed by atoms with Crippen molar-refractivity contribution >= 4 is 22.5 Å². The molecule has 0 aromatic heterocycles. The van der Waals surface area contributed by atoms with Gasteiger partial charge in [0, 0.05) is 10.6 Å². The molecule has 0 bridgehead atoms. The van der Waals surface area contributed by atoms with Crippen molar-refractivity contribution < 1.29 is 0 Å². The van der Waals surface area contributed by atoms with E-state index in [-0.39, 0.29) is 0 Å². The fourth-order valence-electron chi connectivity index (χ4n) is 2.81. The number of unbranched alkanes of at least 4 members (excludes halogenated alkanes) is 8. The van der Waals surface area contributed by atoms with E-state index in [1.54, 1.807) is 0 Å². The van der Waals surface area contributed by atoms with Crippen LogP contribution in [0.25, 0.3) is 10.8 Å². The van der Waals surface area contributed by atoms with Crippen LogP contribution in [0.5, 0.6) is 0 Å². The first-order valence-electron chi connectivity index (χ1n) is 8.88. The molecule has 0 unspecified atom stereocenters. The van der Waals surface area contributed by atoms with Crippen LogP contribution in [0.4, 0.5) is 0 Å². The molecule has 2 rings (SSSR count). The van der Waals surface area contributed by atoms with Crippen LogP contribution in [0.2, 0.25) is 0 Å². The fraction of sp³-hybridized carbons (Fsp3) is 0.476. The van der Waals surface area contributed by atoms with Gasteiger partial charge >= 0.3 is 0 Å². The Kier molecular flexibility index (Phi) is 8.48. The lowest BCUT2D eigenvalue weighted by Crippen LogP contribution is -1.81.